The van der Waals surface area contributed by atoms with Gasteiger partial charge in [0.2, 0.25) is 10.0 Å². The van der Waals surface area contributed by atoms with E-state index in [2.05, 4.69) is 10.9 Å². The molecule has 2 aromatic rings. The zero-order valence-corrected chi connectivity index (χ0v) is 21.0. The molecule has 0 unspecified atom stereocenters. The van der Waals surface area contributed by atoms with Crippen LogP contribution < -0.4 is 4.90 Å². The number of aromatic nitrogens is 1. The molecule has 2 heterocycles. The number of nitro benzene ring substituents is 1. The van der Waals surface area contributed by atoms with Crippen LogP contribution in [0.2, 0.25) is 0 Å². The molecule has 0 saturated heterocycles. The van der Waals surface area contributed by atoms with Crippen LogP contribution in [-0.4, -0.2) is 63.5 Å². The van der Waals surface area contributed by atoms with Gasteiger partial charge < -0.3 is 4.90 Å². The Kier molecular flexibility index (Phi) is 8.11. The fourth-order valence-corrected chi connectivity index (χ4v) is 5.99. The summed E-state index contributed by atoms with van der Waals surface area (Å²) in [6.07, 6.45) is 10.9. The Morgan fingerprint density at radius 2 is 2.00 bits per heavy atom. The summed E-state index contributed by atoms with van der Waals surface area (Å²) in [5.41, 5.74) is 1.40. The van der Waals surface area contributed by atoms with E-state index >= 15 is 0 Å². The Bertz CT molecular complexity index is 1370. The lowest BCUT2D eigenvalue weighted by Crippen LogP contribution is -2.38. The highest BCUT2D eigenvalue weighted by molar-refractivity contribution is 7.89. The number of anilines is 1. The van der Waals surface area contributed by atoms with Crippen LogP contribution in [0.4, 0.5) is 11.4 Å². The minimum atomic E-state index is -4.24. The smallest absolute Gasteiger partial charge is 0.272 e. The van der Waals surface area contributed by atoms with Crippen molar-refractivity contribution in [2.45, 2.75) is 31.2 Å². The molecule has 35 heavy (non-hydrogen) atoms. The van der Waals surface area contributed by atoms with Gasteiger partial charge in [0.15, 0.2) is 0 Å². The highest BCUT2D eigenvalue weighted by atomic mass is 32.2. The van der Waals surface area contributed by atoms with E-state index in [1.54, 1.807) is 17.3 Å². The summed E-state index contributed by atoms with van der Waals surface area (Å²) in [5, 5.41) is 11.6. The lowest BCUT2D eigenvalue weighted by Gasteiger charge is -2.31. The molecular formula is C22H26N4O7S2. The van der Waals surface area contributed by atoms with Gasteiger partial charge in [0.25, 0.3) is 15.8 Å². The summed E-state index contributed by atoms with van der Waals surface area (Å²) in [7, 11) is -7.96. The molecule has 0 amide bonds. The molecule has 0 saturated carbocycles. The first kappa shape index (κ1) is 26.6. The van der Waals surface area contributed by atoms with Crippen LogP contribution in [0, 0.1) is 22.5 Å². The largest absolute Gasteiger partial charge is 0.367 e. The van der Waals surface area contributed by atoms with E-state index in [1.807, 2.05) is 13.0 Å². The Balaban J connectivity index is 2.13. The third kappa shape index (κ3) is 6.15. The predicted molar refractivity (Wildman–Crippen MR) is 130 cm³/mol. The fraction of sp³-hybridized carbons (Fsp3) is 0.409. The highest BCUT2D eigenvalue weighted by Gasteiger charge is 2.34. The number of rotatable bonds is 10. The summed E-state index contributed by atoms with van der Waals surface area (Å²) in [6, 6.07) is 3.98. The molecule has 0 bridgehead atoms. The Morgan fingerprint density at radius 3 is 2.63 bits per heavy atom. The third-order valence-corrected chi connectivity index (χ3v) is 7.95. The van der Waals surface area contributed by atoms with Crippen molar-refractivity contribution >= 4 is 31.5 Å². The van der Waals surface area contributed by atoms with Gasteiger partial charge >= 0.3 is 0 Å². The summed E-state index contributed by atoms with van der Waals surface area (Å²) in [5.74, 6) is 2.37. The van der Waals surface area contributed by atoms with Gasteiger partial charge in [-0.2, -0.15) is 12.7 Å². The van der Waals surface area contributed by atoms with Gasteiger partial charge in [-0.15, -0.1) is 6.42 Å². The molecule has 0 fully saturated rings. The number of sulfonamides is 1. The third-order valence-electron chi connectivity index (χ3n) is 5.49. The second-order valence-electron chi connectivity index (χ2n) is 7.99. The van der Waals surface area contributed by atoms with Crippen molar-refractivity contribution in [2.24, 2.45) is 0 Å². The van der Waals surface area contributed by atoms with Gasteiger partial charge in [-0.1, -0.05) is 12.8 Å². The van der Waals surface area contributed by atoms with Gasteiger partial charge in [-0.25, -0.2) is 8.42 Å². The molecule has 13 heteroatoms. The molecule has 0 atom stereocenters. The second-order valence-corrected chi connectivity index (χ2v) is 11.5. The zero-order valence-electron chi connectivity index (χ0n) is 19.4. The normalized spacial score (nSPS) is 14.2. The van der Waals surface area contributed by atoms with Crippen molar-refractivity contribution < 1.29 is 25.9 Å². The van der Waals surface area contributed by atoms with Crippen molar-refractivity contribution in [2.75, 3.05) is 37.4 Å². The minimum absolute atomic E-state index is 0.00265. The van der Waals surface area contributed by atoms with Gasteiger partial charge in [0.1, 0.15) is 4.90 Å². The van der Waals surface area contributed by atoms with Crippen molar-refractivity contribution in [1.82, 2.24) is 9.29 Å². The number of benzene rings is 1. The van der Waals surface area contributed by atoms with Crippen molar-refractivity contribution in [3.05, 3.63) is 57.4 Å². The topological polar surface area (TPSA) is 140 Å². The van der Waals surface area contributed by atoms with E-state index in [9.17, 15) is 26.9 Å². The first-order chi connectivity index (χ1) is 16.5. The number of hydrogen-bond donors (Lipinski definition) is 0. The second kappa shape index (κ2) is 10.7. The van der Waals surface area contributed by atoms with Crippen LogP contribution in [0.25, 0.3) is 0 Å². The SMILES string of the molecule is C#Cc1cc([N+](=O)[O-])cc(S(=O)(=O)N2CCc3ccncc3C2)c1N(CCC)CCOS(C)(=O)=O. The number of non-ortho nitro benzene ring substituents is 1. The first-order valence-corrected chi connectivity index (χ1v) is 14.0. The van der Waals surface area contributed by atoms with Crippen LogP contribution >= 0.6 is 0 Å². The van der Waals surface area contributed by atoms with E-state index in [0.717, 1.165) is 29.5 Å². The highest BCUT2D eigenvalue weighted by Crippen LogP contribution is 2.36. The zero-order chi connectivity index (χ0) is 25.8. The fourth-order valence-electron chi connectivity index (χ4n) is 3.94. The molecule has 11 nitrogen and oxygen atoms in total. The van der Waals surface area contributed by atoms with Crippen LogP contribution in [-0.2, 0) is 37.3 Å². The maximum atomic E-state index is 13.9. The maximum absolute atomic E-state index is 13.9. The monoisotopic (exact) mass is 522 g/mol. The van der Waals surface area contributed by atoms with Crippen LogP contribution in [0.5, 0.6) is 0 Å². The summed E-state index contributed by atoms with van der Waals surface area (Å²) in [4.78, 5) is 16.3. The van der Waals surface area contributed by atoms with E-state index in [4.69, 9.17) is 10.6 Å². The van der Waals surface area contributed by atoms with E-state index < -0.39 is 30.8 Å². The molecule has 1 aromatic heterocycles. The van der Waals surface area contributed by atoms with Crippen LogP contribution in [0.3, 0.4) is 0 Å². The predicted octanol–water partition coefficient (Wildman–Crippen LogP) is 1.91. The number of nitrogens with zero attached hydrogens (tertiary/aromatic N) is 4. The molecule has 0 spiro atoms. The minimum Gasteiger partial charge on any atom is -0.367 e. The van der Waals surface area contributed by atoms with Crippen LogP contribution in [0.15, 0.2) is 35.5 Å². The van der Waals surface area contributed by atoms with Crippen LogP contribution in [0.1, 0.15) is 30.0 Å². The van der Waals surface area contributed by atoms with Gasteiger partial charge in [-0.3, -0.25) is 19.3 Å². The number of nitro groups is 1. The molecule has 0 N–H and O–H groups in total. The summed E-state index contributed by atoms with van der Waals surface area (Å²) in [6.45, 7) is 2.16. The molecule has 0 radical (unpaired) electrons. The molecule has 1 aliphatic rings. The molecule has 188 valence electrons. The van der Waals surface area contributed by atoms with Crippen molar-refractivity contribution in [3.63, 3.8) is 0 Å². The van der Waals surface area contributed by atoms with Gasteiger partial charge in [0.05, 0.1) is 29.0 Å². The number of terminal acetylenes is 1. The number of fused-ring (bicyclic) bond motifs is 1. The average molecular weight is 523 g/mol. The Morgan fingerprint density at radius 1 is 1.26 bits per heavy atom. The Hall–Kier alpha value is -3.05. The van der Waals surface area contributed by atoms with Gasteiger partial charge in [-0.05, 0) is 30.0 Å². The lowest BCUT2D eigenvalue weighted by molar-refractivity contribution is -0.385. The maximum Gasteiger partial charge on any atom is 0.272 e. The van der Waals surface area contributed by atoms with E-state index in [1.165, 1.54) is 4.31 Å². The molecule has 1 aliphatic heterocycles. The quantitative estimate of drug-likeness (QED) is 0.198. The Labute approximate surface area is 205 Å². The summed E-state index contributed by atoms with van der Waals surface area (Å²) < 4.78 is 56.7. The lowest BCUT2D eigenvalue weighted by atomic mass is 10.0. The molecule has 1 aromatic carbocycles. The van der Waals surface area contributed by atoms with E-state index in [0.29, 0.717) is 19.4 Å². The summed E-state index contributed by atoms with van der Waals surface area (Å²) >= 11 is 0. The first-order valence-electron chi connectivity index (χ1n) is 10.8. The van der Waals surface area contributed by atoms with Crippen molar-refractivity contribution in [1.29, 1.82) is 0 Å². The number of pyridine rings is 1. The molecular weight excluding hydrogens is 496 g/mol. The molecule has 3 rings (SSSR count). The standard InChI is InChI=1S/C22H26N4O7S2/c1-4-9-24(11-12-33-34(3,29)30)22-17(5-2)13-20(26(27)28)14-21(22)35(31,32)25-10-7-18-6-8-23-15-19(18)16-25/h2,6,8,13-15H,4,7,9-12,16H2,1,3H3. The number of hydrogen-bond acceptors (Lipinski definition) is 9. The van der Waals surface area contributed by atoms with Gasteiger partial charge in [0, 0.05) is 50.7 Å². The average Bonchev–Trinajstić information content (AvgIpc) is 2.81. The van der Waals surface area contributed by atoms with Crippen molar-refractivity contribution in [3.8, 4) is 12.3 Å². The molecule has 0 aliphatic carbocycles. The van der Waals surface area contributed by atoms with E-state index in [-0.39, 0.29) is 42.4 Å².